The molecule has 2 rings (SSSR count). The number of imide groups is 1. The third-order valence-electron chi connectivity index (χ3n) is 3.37. The molecule has 4 amide bonds. The Morgan fingerprint density at radius 3 is 2.76 bits per heavy atom. The average molecular weight is 349 g/mol. The molecule has 1 aromatic carbocycles. The van der Waals surface area contributed by atoms with Gasteiger partial charge in [-0.2, -0.15) is 0 Å². The maximum absolute atomic E-state index is 12.2. The van der Waals surface area contributed by atoms with Crippen LogP contribution in [-0.2, 0) is 14.3 Å². The van der Waals surface area contributed by atoms with Gasteiger partial charge in [-0.3, -0.25) is 15.0 Å². The van der Waals surface area contributed by atoms with Crippen molar-refractivity contribution in [1.29, 1.82) is 0 Å². The summed E-state index contributed by atoms with van der Waals surface area (Å²) in [5, 5.41) is 4.97. The van der Waals surface area contributed by atoms with Crippen molar-refractivity contribution in [2.75, 3.05) is 25.0 Å². The summed E-state index contributed by atoms with van der Waals surface area (Å²) >= 11 is 0. The van der Waals surface area contributed by atoms with Gasteiger partial charge in [-0.25, -0.2) is 14.4 Å². The van der Waals surface area contributed by atoms with Crippen LogP contribution < -0.4 is 10.6 Å². The molecule has 1 aromatic rings. The highest BCUT2D eigenvalue weighted by Gasteiger charge is 2.31. The predicted octanol–water partition coefficient (Wildman–Crippen LogP) is 1.35. The zero-order valence-corrected chi connectivity index (χ0v) is 13.9. The number of hydrogen-bond acceptors (Lipinski definition) is 6. The summed E-state index contributed by atoms with van der Waals surface area (Å²) in [4.78, 5) is 48.2. The normalized spacial score (nSPS) is 14.5. The van der Waals surface area contributed by atoms with Crippen LogP contribution in [0.25, 0.3) is 0 Å². The molecule has 1 heterocycles. The fourth-order valence-electron chi connectivity index (χ4n) is 2.19. The second kappa shape index (κ2) is 8.13. The second-order valence-corrected chi connectivity index (χ2v) is 5.20. The Bertz CT molecular complexity index is 690. The standard InChI is InChI=1S/C16H19N3O6/c1-3-24-16(23)18-12-6-4-5-11(9-12)14(21)25-10(2)13(20)19-8-7-17-15(19)22/h4-6,9-10H,3,7-8H2,1-2H3,(H,17,22)(H,18,23)/t10-/m0/s1. The zero-order chi connectivity index (χ0) is 18.4. The highest BCUT2D eigenvalue weighted by atomic mass is 16.6. The molecule has 1 atom stereocenters. The lowest BCUT2D eigenvalue weighted by Gasteiger charge is -2.18. The van der Waals surface area contributed by atoms with Crippen LogP contribution in [0, 0.1) is 0 Å². The van der Waals surface area contributed by atoms with Gasteiger partial charge >= 0.3 is 18.1 Å². The maximum Gasteiger partial charge on any atom is 0.411 e. The van der Waals surface area contributed by atoms with E-state index in [-0.39, 0.29) is 18.7 Å². The van der Waals surface area contributed by atoms with Crippen LogP contribution in [-0.4, -0.2) is 54.7 Å². The number of esters is 1. The molecule has 9 nitrogen and oxygen atoms in total. The van der Waals surface area contributed by atoms with Crippen LogP contribution in [0.15, 0.2) is 24.3 Å². The molecule has 1 fully saturated rings. The Hall–Kier alpha value is -3.10. The first-order valence-corrected chi connectivity index (χ1v) is 7.76. The Balaban J connectivity index is 1.99. The number of nitrogens with one attached hydrogen (secondary N) is 2. The molecule has 1 aliphatic rings. The van der Waals surface area contributed by atoms with Gasteiger partial charge in [0.2, 0.25) is 0 Å². The first kappa shape index (κ1) is 18.2. The number of carbonyl (C=O) groups excluding carboxylic acids is 4. The van der Waals surface area contributed by atoms with Gasteiger partial charge in [0.1, 0.15) is 0 Å². The fourth-order valence-corrected chi connectivity index (χ4v) is 2.19. The number of ether oxygens (including phenoxy) is 2. The molecule has 0 saturated carbocycles. The van der Waals surface area contributed by atoms with Crippen molar-refractivity contribution in [2.24, 2.45) is 0 Å². The Morgan fingerprint density at radius 1 is 1.36 bits per heavy atom. The number of urea groups is 1. The van der Waals surface area contributed by atoms with E-state index in [1.165, 1.54) is 19.1 Å². The molecule has 1 saturated heterocycles. The number of benzene rings is 1. The minimum atomic E-state index is -1.11. The third-order valence-corrected chi connectivity index (χ3v) is 3.37. The van der Waals surface area contributed by atoms with Crippen molar-refractivity contribution in [3.63, 3.8) is 0 Å². The Labute approximate surface area is 144 Å². The van der Waals surface area contributed by atoms with Gasteiger partial charge in [0.05, 0.1) is 12.2 Å². The van der Waals surface area contributed by atoms with E-state index in [9.17, 15) is 19.2 Å². The van der Waals surface area contributed by atoms with Crippen molar-refractivity contribution in [2.45, 2.75) is 20.0 Å². The van der Waals surface area contributed by atoms with Crippen LogP contribution in [0.4, 0.5) is 15.3 Å². The molecule has 0 spiro atoms. The van der Waals surface area contributed by atoms with Gasteiger partial charge in [-0.15, -0.1) is 0 Å². The van der Waals surface area contributed by atoms with E-state index >= 15 is 0 Å². The fraction of sp³-hybridized carbons (Fsp3) is 0.375. The van der Waals surface area contributed by atoms with Gasteiger partial charge in [0.25, 0.3) is 5.91 Å². The minimum absolute atomic E-state index is 0.153. The third kappa shape index (κ3) is 4.69. The zero-order valence-electron chi connectivity index (χ0n) is 13.9. The molecule has 2 N–H and O–H groups in total. The molecular formula is C16H19N3O6. The summed E-state index contributed by atoms with van der Waals surface area (Å²) in [5.74, 6) is -1.34. The number of amides is 4. The van der Waals surface area contributed by atoms with E-state index < -0.39 is 30.1 Å². The first-order chi connectivity index (χ1) is 11.9. The van der Waals surface area contributed by atoms with Crippen LogP contribution in [0.3, 0.4) is 0 Å². The number of anilines is 1. The van der Waals surface area contributed by atoms with Crippen molar-refractivity contribution in [1.82, 2.24) is 10.2 Å². The van der Waals surface area contributed by atoms with E-state index in [0.717, 1.165) is 4.90 Å². The van der Waals surface area contributed by atoms with Gasteiger partial charge < -0.3 is 14.8 Å². The van der Waals surface area contributed by atoms with Crippen LogP contribution in [0.2, 0.25) is 0 Å². The first-order valence-electron chi connectivity index (χ1n) is 7.76. The molecule has 0 aliphatic carbocycles. The topological polar surface area (TPSA) is 114 Å². The van der Waals surface area contributed by atoms with Crippen LogP contribution in [0.1, 0.15) is 24.2 Å². The van der Waals surface area contributed by atoms with Crippen molar-refractivity contribution >= 4 is 29.7 Å². The summed E-state index contributed by atoms with van der Waals surface area (Å²) in [6.45, 7) is 3.89. The molecule has 25 heavy (non-hydrogen) atoms. The van der Waals surface area contributed by atoms with Gasteiger partial charge in [-0.05, 0) is 32.0 Å². The quantitative estimate of drug-likeness (QED) is 0.776. The van der Waals surface area contributed by atoms with Gasteiger partial charge in [-0.1, -0.05) is 6.07 Å². The molecule has 0 radical (unpaired) electrons. The SMILES string of the molecule is CCOC(=O)Nc1cccc(C(=O)O[C@@H](C)C(=O)N2CCNC2=O)c1. The van der Waals surface area contributed by atoms with E-state index in [2.05, 4.69) is 10.6 Å². The van der Waals surface area contributed by atoms with Crippen molar-refractivity contribution in [3.8, 4) is 0 Å². The Kier molecular flexibility index (Phi) is 5.93. The lowest BCUT2D eigenvalue weighted by Crippen LogP contribution is -2.41. The monoisotopic (exact) mass is 349 g/mol. The van der Waals surface area contributed by atoms with Crippen molar-refractivity contribution < 1.29 is 28.7 Å². The number of nitrogens with zero attached hydrogens (tertiary/aromatic N) is 1. The lowest BCUT2D eigenvalue weighted by molar-refractivity contribution is -0.136. The van der Waals surface area contributed by atoms with E-state index in [1.54, 1.807) is 19.1 Å². The smallest absolute Gasteiger partial charge is 0.411 e. The number of hydrogen-bond donors (Lipinski definition) is 2. The second-order valence-electron chi connectivity index (χ2n) is 5.20. The molecule has 0 aromatic heterocycles. The largest absolute Gasteiger partial charge is 0.450 e. The minimum Gasteiger partial charge on any atom is -0.450 e. The summed E-state index contributed by atoms with van der Waals surface area (Å²) in [6, 6.07) is 5.51. The Morgan fingerprint density at radius 2 is 2.12 bits per heavy atom. The summed E-state index contributed by atoms with van der Waals surface area (Å²) in [7, 11) is 0. The summed E-state index contributed by atoms with van der Waals surface area (Å²) in [5.41, 5.74) is 0.505. The highest BCUT2D eigenvalue weighted by molar-refractivity contribution is 5.99. The highest BCUT2D eigenvalue weighted by Crippen LogP contribution is 2.14. The maximum atomic E-state index is 12.2. The van der Waals surface area contributed by atoms with E-state index in [1.807, 2.05) is 0 Å². The predicted molar refractivity (Wildman–Crippen MR) is 87.1 cm³/mol. The van der Waals surface area contributed by atoms with E-state index in [4.69, 9.17) is 9.47 Å². The van der Waals surface area contributed by atoms with Crippen molar-refractivity contribution in [3.05, 3.63) is 29.8 Å². The van der Waals surface area contributed by atoms with E-state index in [0.29, 0.717) is 12.2 Å². The molecule has 0 unspecified atom stereocenters. The number of rotatable bonds is 5. The lowest BCUT2D eigenvalue weighted by atomic mass is 10.2. The van der Waals surface area contributed by atoms with Crippen LogP contribution >= 0.6 is 0 Å². The molecule has 0 bridgehead atoms. The molecule has 1 aliphatic heterocycles. The molecule has 134 valence electrons. The summed E-state index contributed by atoms with van der Waals surface area (Å²) < 4.78 is 9.87. The average Bonchev–Trinajstić information content (AvgIpc) is 3.00. The van der Waals surface area contributed by atoms with Crippen LogP contribution in [0.5, 0.6) is 0 Å². The van der Waals surface area contributed by atoms with Gasteiger partial charge in [0.15, 0.2) is 6.10 Å². The molecule has 9 heteroatoms. The molecular weight excluding hydrogens is 330 g/mol. The summed E-state index contributed by atoms with van der Waals surface area (Å²) in [6.07, 6.45) is -1.75. The number of carbonyl (C=O) groups is 4. The van der Waals surface area contributed by atoms with Gasteiger partial charge in [0, 0.05) is 18.8 Å².